The Bertz CT molecular complexity index is 1210. The minimum absolute atomic E-state index is 0.0516. The predicted molar refractivity (Wildman–Crippen MR) is 125 cm³/mol. The Hall–Kier alpha value is -3.49. The molecule has 1 aromatic heterocycles. The number of nitrogens with one attached hydrogen (secondary N) is 1. The normalized spacial score (nSPS) is 22.1. The predicted octanol–water partition coefficient (Wildman–Crippen LogP) is 2.99. The number of rotatable bonds is 6. The maximum Gasteiger partial charge on any atom is 0.347 e. The van der Waals surface area contributed by atoms with Gasteiger partial charge < -0.3 is 24.2 Å². The lowest BCUT2D eigenvalue weighted by molar-refractivity contribution is -0.913. The van der Waals surface area contributed by atoms with Crippen LogP contribution in [0.4, 0.5) is 5.82 Å². The molecule has 0 saturated carbocycles. The van der Waals surface area contributed by atoms with Crippen LogP contribution >= 0.6 is 0 Å². The van der Waals surface area contributed by atoms with Gasteiger partial charge in [-0.3, -0.25) is 4.79 Å². The van der Waals surface area contributed by atoms with E-state index in [1.165, 1.54) is 0 Å². The second kappa shape index (κ2) is 8.38. The Morgan fingerprint density at radius 1 is 1.18 bits per heavy atom. The molecule has 2 atom stereocenters. The van der Waals surface area contributed by atoms with Crippen LogP contribution in [0.5, 0.6) is 0 Å². The fourth-order valence-corrected chi connectivity index (χ4v) is 5.30. The van der Waals surface area contributed by atoms with E-state index in [9.17, 15) is 14.7 Å². The maximum atomic E-state index is 13.3. The van der Waals surface area contributed by atoms with Gasteiger partial charge in [0.05, 0.1) is 13.6 Å². The molecule has 0 spiro atoms. The van der Waals surface area contributed by atoms with E-state index in [2.05, 4.69) is 10.5 Å². The first-order valence-electron chi connectivity index (χ1n) is 11.5. The zero-order valence-electron chi connectivity index (χ0n) is 19.3. The van der Waals surface area contributed by atoms with Crippen LogP contribution in [-0.4, -0.2) is 59.4 Å². The second-order valence-corrected chi connectivity index (χ2v) is 9.43. The van der Waals surface area contributed by atoms with E-state index in [0.717, 1.165) is 30.5 Å². The number of anilines is 1. The van der Waals surface area contributed by atoms with Crippen molar-refractivity contribution in [1.82, 2.24) is 5.16 Å². The number of amides is 1. The number of carbonyl (C=O) groups excluding carboxylic acids is 2. The molecule has 0 radical (unpaired) electrons. The molecule has 8 nitrogen and oxygen atoms in total. The van der Waals surface area contributed by atoms with E-state index in [4.69, 9.17) is 9.26 Å². The fourth-order valence-electron chi connectivity index (χ4n) is 5.30. The quantitative estimate of drug-likeness (QED) is 0.431. The van der Waals surface area contributed by atoms with Gasteiger partial charge in [0, 0.05) is 30.0 Å². The van der Waals surface area contributed by atoms with Gasteiger partial charge in [0.1, 0.15) is 18.4 Å². The Kier molecular flexibility index (Phi) is 5.50. The van der Waals surface area contributed by atoms with E-state index in [-0.39, 0.29) is 25.1 Å². The number of aliphatic hydroxyl groups is 1. The molecular formula is C26H28N3O5+. The largest absolute Gasteiger partial charge is 0.457 e. The van der Waals surface area contributed by atoms with Crippen molar-refractivity contribution >= 4 is 17.7 Å². The van der Waals surface area contributed by atoms with Gasteiger partial charge in [0.25, 0.3) is 5.91 Å². The first-order chi connectivity index (χ1) is 16.3. The lowest BCUT2D eigenvalue weighted by atomic mass is 9.91. The summed E-state index contributed by atoms with van der Waals surface area (Å²) in [5.41, 5.74) is 0.883. The average Bonchev–Trinajstić information content (AvgIpc) is 3.47. The van der Waals surface area contributed by atoms with Crippen LogP contribution in [0.25, 0.3) is 11.1 Å². The molecule has 1 saturated heterocycles. The van der Waals surface area contributed by atoms with Crippen molar-refractivity contribution in [3.63, 3.8) is 0 Å². The lowest BCUT2D eigenvalue weighted by Crippen LogP contribution is -2.54. The van der Waals surface area contributed by atoms with Crippen LogP contribution in [0.1, 0.15) is 29.7 Å². The van der Waals surface area contributed by atoms with Crippen LogP contribution in [0.2, 0.25) is 0 Å². The molecule has 8 heteroatoms. The molecular weight excluding hydrogens is 434 g/mol. The highest BCUT2D eigenvalue weighted by Gasteiger charge is 2.50. The summed E-state index contributed by atoms with van der Waals surface area (Å²) in [4.78, 5) is 26.0. The van der Waals surface area contributed by atoms with Crippen molar-refractivity contribution in [2.24, 2.45) is 0 Å². The summed E-state index contributed by atoms with van der Waals surface area (Å²) in [5, 5.41) is 18.2. The number of hydrogen-bond acceptors (Lipinski definition) is 6. The number of aromatic nitrogens is 1. The fraction of sp³-hybridized carbons (Fsp3) is 0.346. The smallest absolute Gasteiger partial charge is 0.347 e. The minimum atomic E-state index is -1.85. The van der Waals surface area contributed by atoms with E-state index in [1.807, 2.05) is 43.4 Å². The van der Waals surface area contributed by atoms with Gasteiger partial charge >= 0.3 is 5.97 Å². The number of carbonyl (C=O) groups is 2. The topological polar surface area (TPSA) is 102 Å². The third-order valence-electron chi connectivity index (χ3n) is 7.11. The molecule has 176 valence electrons. The highest BCUT2D eigenvalue weighted by Crippen LogP contribution is 2.48. The molecule has 2 N–H and O–H groups in total. The molecule has 2 aliphatic rings. The van der Waals surface area contributed by atoms with Gasteiger partial charge in [-0.1, -0.05) is 53.7 Å². The SMILES string of the molecule is Cc1cc(NC(=O)C[N+]2(C)CCC[C@@H]2COC(=O)C2(O)c3ccccc3-c3ccccc32)no1. The van der Waals surface area contributed by atoms with E-state index in [0.29, 0.717) is 27.2 Å². The van der Waals surface area contributed by atoms with E-state index >= 15 is 0 Å². The molecule has 0 bridgehead atoms. The van der Waals surface area contributed by atoms with E-state index in [1.54, 1.807) is 25.1 Å². The van der Waals surface area contributed by atoms with Crippen LogP contribution in [0, 0.1) is 6.92 Å². The Morgan fingerprint density at radius 3 is 2.44 bits per heavy atom. The zero-order valence-corrected chi connectivity index (χ0v) is 19.3. The number of ether oxygens (including phenoxy) is 1. The molecule has 1 unspecified atom stereocenters. The Balaban J connectivity index is 1.30. The molecule has 34 heavy (non-hydrogen) atoms. The zero-order chi connectivity index (χ0) is 23.9. The molecule has 2 aromatic carbocycles. The van der Waals surface area contributed by atoms with Gasteiger partial charge in [0.15, 0.2) is 12.4 Å². The van der Waals surface area contributed by atoms with Gasteiger partial charge in [-0.15, -0.1) is 0 Å². The summed E-state index contributed by atoms with van der Waals surface area (Å²) in [7, 11) is 1.99. The summed E-state index contributed by atoms with van der Waals surface area (Å²) in [6, 6.07) is 16.3. The Labute approximate surface area is 197 Å². The number of quaternary nitrogens is 1. The number of fused-ring (bicyclic) bond motifs is 3. The van der Waals surface area contributed by atoms with Gasteiger partial charge in [-0.2, -0.15) is 0 Å². The monoisotopic (exact) mass is 462 g/mol. The summed E-state index contributed by atoms with van der Waals surface area (Å²) in [6.45, 7) is 2.91. The highest BCUT2D eigenvalue weighted by molar-refractivity contribution is 5.96. The summed E-state index contributed by atoms with van der Waals surface area (Å²) in [6.07, 6.45) is 1.75. The number of benzene rings is 2. The number of esters is 1. The third-order valence-corrected chi connectivity index (χ3v) is 7.11. The van der Waals surface area contributed by atoms with Crippen molar-refractivity contribution < 1.29 is 28.4 Å². The van der Waals surface area contributed by atoms with E-state index < -0.39 is 11.6 Å². The number of aryl methyl sites for hydroxylation is 1. The van der Waals surface area contributed by atoms with Crippen LogP contribution in [0.15, 0.2) is 59.1 Å². The summed E-state index contributed by atoms with van der Waals surface area (Å²) >= 11 is 0. The molecule has 1 amide bonds. The van der Waals surface area contributed by atoms with Crippen LogP contribution in [-0.2, 0) is 19.9 Å². The Morgan fingerprint density at radius 2 is 1.82 bits per heavy atom. The number of likely N-dealkylation sites (tertiary alicyclic amines) is 1. The van der Waals surface area contributed by atoms with Crippen molar-refractivity contribution in [3.05, 3.63) is 71.5 Å². The standard InChI is InChI=1S/C26H27N3O5/c1-17-14-23(28-34-17)27-24(30)15-29(2)13-7-8-18(29)16-33-25(31)26(32)21-11-5-3-9-19(21)20-10-4-6-12-22(20)26/h3-6,9-12,14,18,32H,7-8,13,15-16H2,1-2H3/p+1/t18-,29?/m1/s1. The van der Waals surface area contributed by atoms with Crippen molar-refractivity contribution in [3.8, 4) is 11.1 Å². The average molecular weight is 463 g/mol. The molecule has 3 aromatic rings. The van der Waals surface area contributed by atoms with Gasteiger partial charge in [-0.05, 0) is 18.1 Å². The first kappa shape index (κ1) is 22.3. The highest BCUT2D eigenvalue weighted by atomic mass is 16.6. The molecule has 1 aliphatic carbocycles. The van der Waals surface area contributed by atoms with Crippen molar-refractivity contribution in [2.45, 2.75) is 31.4 Å². The van der Waals surface area contributed by atoms with Gasteiger partial charge in [0.2, 0.25) is 5.60 Å². The van der Waals surface area contributed by atoms with Crippen molar-refractivity contribution in [2.75, 3.05) is 32.1 Å². The number of nitrogens with zero attached hydrogens (tertiary/aromatic N) is 2. The molecule has 1 aliphatic heterocycles. The van der Waals surface area contributed by atoms with Crippen molar-refractivity contribution in [1.29, 1.82) is 0 Å². The third kappa shape index (κ3) is 3.69. The lowest BCUT2D eigenvalue weighted by Gasteiger charge is -2.35. The number of likely N-dealkylation sites (N-methyl/N-ethyl adjacent to an activating group) is 1. The summed E-state index contributed by atoms with van der Waals surface area (Å²) in [5.74, 6) is 0.142. The molecule has 2 heterocycles. The maximum absolute atomic E-state index is 13.3. The number of hydrogen-bond donors (Lipinski definition) is 2. The second-order valence-electron chi connectivity index (χ2n) is 9.43. The molecule has 5 rings (SSSR count). The summed E-state index contributed by atoms with van der Waals surface area (Å²) < 4.78 is 11.2. The molecule has 1 fully saturated rings. The van der Waals surface area contributed by atoms with Gasteiger partial charge in [-0.25, -0.2) is 4.79 Å². The first-order valence-corrected chi connectivity index (χ1v) is 11.5. The minimum Gasteiger partial charge on any atom is -0.457 e. The van der Waals surface area contributed by atoms with Crippen LogP contribution in [0.3, 0.4) is 0 Å². The van der Waals surface area contributed by atoms with Crippen LogP contribution < -0.4 is 5.32 Å².